The molecule has 0 fully saturated rings. The van der Waals surface area contributed by atoms with Crippen molar-refractivity contribution in [3.63, 3.8) is 0 Å². The summed E-state index contributed by atoms with van der Waals surface area (Å²) in [7, 11) is 4.78. The van der Waals surface area contributed by atoms with Gasteiger partial charge < -0.3 is 28.6 Å². The second-order valence-electron chi connectivity index (χ2n) is 7.58. The van der Waals surface area contributed by atoms with E-state index in [9.17, 15) is 9.59 Å². The highest BCUT2D eigenvalue weighted by Gasteiger charge is 2.22. The quantitative estimate of drug-likeness (QED) is 0.509. The summed E-state index contributed by atoms with van der Waals surface area (Å²) < 4.78 is 26.8. The Morgan fingerprint density at radius 2 is 1.70 bits per heavy atom. The van der Waals surface area contributed by atoms with Crippen molar-refractivity contribution in [1.29, 1.82) is 0 Å². The molecular weight excluding hydrogens is 426 g/mol. The molecule has 0 spiro atoms. The first-order valence-electron chi connectivity index (χ1n) is 10.4. The summed E-state index contributed by atoms with van der Waals surface area (Å²) in [5.41, 5.74) is 1.18. The van der Waals surface area contributed by atoms with Crippen LogP contribution in [0, 0.1) is 0 Å². The van der Waals surface area contributed by atoms with Crippen LogP contribution in [0.1, 0.15) is 15.9 Å². The fourth-order valence-corrected chi connectivity index (χ4v) is 3.57. The molecule has 0 aliphatic carbocycles. The van der Waals surface area contributed by atoms with Crippen LogP contribution in [0.25, 0.3) is 10.8 Å². The lowest BCUT2D eigenvalue weighted by Crippen LogP contribution is -2.30. The zero-order chi connectivity index (χ0) is 23.4. The lowest BCUT2D eigenvalue weighted by molar-refractivity contribution is -0.133. The summed E-state index contributed by atoms with van der Waals surface area (Å²) in [6.45, 7) is 0.784. The number of rotatable bonds is 7. The highest BCUT2D eigenvalue weighted by Crippen LogP contribution is 2.40. The highest BCUT2D eigenvalue weighted by atomic mass is 16.6. The third kappa shape index (κ3) is 4.95. The number of ether oxygens (including phenoxy) is 5. The molecule has 172 valence electrons. The van der Waals surface area contributed by atoms with Gasteiger partial charge in [0.2, 0.25) is 5.75 Å². The van der Waals surface area contributed by atoms with Crippen LogP contribution in [-0.4, -0.2) is 57.9 Å². The van der Waals surface area contributed by atoms with Crippen LogP contribution in [0.2, 0.25) is 0 Å². The first kappa shape index (κ1) is 22.3. The van der Waals surface area contributed by atoms with Gasteiger partial charge in [-0.15, -0.1) is 0 Å². The molecule has 1 amide bonds. The molecule has 1 heterocycles. The molecule has 3 aromatic rings. The number of hydrogen-bond donors (Lipinski definition) is 0. The van der Waals surface area contributed by atoms with E-state index in [1.165, 1.54) is 24.1 Å². The maximum Gasteiger partial charge on any atom is 0.338 e. The normalized spacial score (nSPS) is 12.2. The molecule has 4 rings (SSSR count). The molecule has 8 heteroatoms. The number of carbonyl (C=O) groups is 2. The number of fused-ring (bicyclic) bond motifs is 2. The molecule has 3 aromatic carbocycles. The van der Waals surface area contributed by atoms with Gasteiger partial charge in [0.25, 0.3) is 5.91 Å². The van der Waals surface area contributed by atoms with E-state index in [0.717, 1.165) is 22.1 Å². The highest BCUT2D eigenvalue weighted by molar-refractivity contribution is 5.93. The van der Waals surface area contributed by atoms with Crippen LogP contribution in [-0.2, 0) is 16.1 Å². The van der Waals surface area contributed by atoms with Crippen molar-refractivity contribution in [3.8, 4) is 23.0 Å². The minimum Gasteiger partial charge on any atom is -0.497 e. The van der Waals surface area contributed by atoms with Crippen LogP contribution < -0.4 is 18.9 Å². The number of benzene rings is 3. The standard InChI is InChI=1S/C25H25NO7/c1-26(14-16-4-5-18-11-20(29-2)7-6-17(18)10-16)23(27)15-33-25(28)19-12-21(30-3)24-22(13-19)31-8-9-32-24/h4-7,10-13H,8-9,14-15H2,1-3H3. The van der Waals surface area contributed by atoms with E-state index in [1.54, 1.807) is 14.2 Å². The summed E-state index contributed by atoms with van der Waals surface area (Å²) in [5.74, 6) is 1.06. The van der Waals surface area contributed by atoms with E-state index >= 15 is 0 Å². The topological polar surface area (TPSA) is 83.5 Å². The molecule has 1 aliphatic rings. The Bertz CT molecular complexity index is 1170. The third-order valence-electron chi connectivity index (χ3n) is 5.35. The number of likely N-dealkylation sites (N-methyl/N-ethyl adjacent to an activating group) is 1. The van der Waals surface area contributed by atoms with Crippen molar-refractivity contribution in [2.45, 2.75) is 6.54 Å². The van der Waals surface area contributed by atoms with Gasteiger partial charge in [0.05, 0.1) is 19.8 Å². The Labute approximate surface area is 191 Å². The number of nitrogens with zero attached hydrogens (tertiary/aromatic N) is 1. The fraction of sp³-hybridized carbons (Fsp3) is 0.280. The summed E-state index contributed by atoms with van der Waals surface area (Å²) in [6, 6.07) is 14.8. The summed E-state index contributed by atoms with van der Waals surface area (Å²) >= 11 is 0. The monoisotopic (exact) mass is 451 g/mol. The molecule has 0 saturated carbocycles. The van der Waals surface area contributed by atoms with Crippen LogP contribution >= 0.6 is 0 Å². The van der Waals surface area contributed by atoms with Crippen LogP contribution in [0.4, 0.5) is 0 Å². The Balaban J connectivity index is 1.37. The lowest BCUT2D eigenvalue weighted by Gasteiger charge is -2.21. The second kappa shape index (κ2) is 9.68. The van der Waals surface area contributed by atoms with E-state index in [1.807, 2.05) is 36.4 Å². The molecule has 0 bridgehead atoms. The Kier molecular flexibility index (Phi) is 6.53. The Morgan fingerprint density at radius 1 is 0.939 bits per heavy atom. The number of amides is 1. The molecule has 33 heavy (non-hydrogen) atoms. The zero-order valence-electron chi connectivity index (χ0n) is 18.8. The van der Waals surface area contributed by atoms with Gasteiger partial charge in [-0.1, -0.05) is 18.2 Å². The summed E-state index contributed by atoms with van der Waals surface area (Å²) in [6.07, 6.45) is 0. The zero-order valence-corrected chi connectivity index (χ0v) is 18.8. The molecule has 0 unspecified atom stereocenters. The van der Waals surface area contributed by atoms with E-state index in [0.29, 0.717) is 37.0 Å². The van der Waals surface area contributed by atoms with Crippen LogP contribution in [0.15, 0.2) is 48.5 Å². The first-order chi connectivity index (χ1) is 16.0. The minimum atomic E-state index is -0.647. The predicted molar refractivity (Wildman–Crippen MR) is 121 cm³/mol. The SMILES string of the molecule is COc1ccc2cc(CN(C)C(=O)COC(=O)c3cc(OC)c4c(c3)OCCO4)ccc2c1. The third-order valence-corrected chi connectivity index (χ3v) is 5.35. The van der Waals surface area contributed by atoms with Crippen molar-refractivity contribution in [2.75, 3.05) is 41.1 Å². The van der Waals surface area contributed by atoms with E-state index in [-0.39, 0.29) is 18.1 Å². The van der Waals surface area contributed by atoms with E-state index in [4.69, 9.17) is 23.7 Å². The average Bonchev–Trinajstić information content (AvgIpc) is 2.85. The second-order valence-corrected chi connectivity index (χ2v) is 7.58. The first-order valence-corrected chi connectivity index (χ1v) is 10.4. The predicted octanol–water partition coefficient (Wildman–Crippen LogP) is 3.44. The van der Waals surface area contributed by atoms with Crippen molar-refractivity contribution < 1.29 is 33.3 Å². The van der Waals surface area contributed by atoms with E-state index in [2.05, 4.69) is 0 Å². The minimum absolute atomic E-state index is 0.219. The molecular formula is C25H25NO7. The fourth-order valence-electron chi connectivity index (χ4n) is 3.57. The van der Waals surface area contributed by atoms with Crippen LogP contribution in [0.5, 0.6) is 23.0 Å². The summed E-state index contributed by atoms with van der Waals surface area (Å²) in [5, 5.41) is 2.10. The number of carbonyl (C=O) groups excluding carboxylic acids is 2. The number of hydrogen-bond acceptors (Lipinski definition) is 7. The molecule has 0 radical (unpaired) electrons. The molecule has 0 aromatic heterocycles. The van der Waals surface area contributed by atoms with E-state index < -0.39 is 5.97 Å². The molecule has 1 aliphatic heterocycles. The largest absolute Gasteiger partial charge is 0.497 e. The van der Waals surface area contributed by atoms with Crippen LogP contribution in [0.3, 0.4) is 0 Å². The number of esters is 1. The number of methoxy groups -OCH3 is 2. The molecule has 0 atom stereocenters. The maximum absolute atomic E-state index is 12.5. The Morgan fingerprint density at radius 3 is 2.48 bits per heavy atom. The van der Waals surface area contributed by atoms with Crippen molar-refractivity contribution in [2.24, 2.45) is 0 Å². The molecule has 0 saturated heterocycles. The van der Waals surface area contributed by atoms with Gasteiger partial charge in [0.1, 0.15) is 19.0 Å². The van der Waals surface area contributed by atoms with Gasteiger partial charge in [0, 0.05) is 13.6 Å². The van der Waals surface area contributed by atoms with Gasteiger partial charge in [0.15, 0.2) is 18.1 Å². The van der Waals surface area contributed by atoms with Gasteiger partial charge in [-0.25, -0.2) is 4.79 Å². The van der Waals surface area contributed by atoms with Crippen molar-refractivity contribution >= 4 is 22.6 Å². The van der Waals surface area contributed by atoms with Gasteiger partial charge in [-0.3, -0.25) is 4.79 Å². The molecule has 0 N–H and O–H groups in total. The van der Waals surface area contributed by atoms with Gasteiger partial charge >= 0.3 is 5.97 Å². The van der Waals surface area contributed by atoms with Crippen molar-refractivity contribution in [3.05, 3.63) is 59.7 Å². The Hall–Kier alpha value is -3.94. The average molecular weight is 451 g/mol. The molecule has 8 nitrogen and oxygen atoms in total. The lowest BCUT2D eigenvalue weighted by atomic mass is 10.1. The smallest absolute Gasteiger partial charge is 0.338 e. The summed E-state index contributed by atoms with van der Waals surface area (Å²) in [4.78, 5) is 26.6. The van der Waals surface area contributed by atoms with Gasteiger partial charge in [-0.2, -0.15) is 0 Å². The van der Waals surface area contributed by atoms with Crippen molar-refractivity contribution in [1.82, 2.24) is 4.90 Å². The maximum atomic E-state index is 12.5. The van der Waals surface area contributed by atoms with Gasteiger partial charge in [-0.05, 0) is 46.7 Å².